The van der Waals surface area contributed by atoms with Gasteiger partial charge in [0, 0.05) is 11.0 Å². The molecule has 0 radical (unpaired) electrons. The Kier molecular flexibility index (Phi) is 3.18. The molecule has 0 amide bonds. The summed E-state index contributed by atoms with van der Waals surface area (Å²) < 4.78 is 0. The van der Waals surface area contributed by atoms with Gasteiger partial charge < -0.3 is 0 Å². The maximum Gasteiger partial charge on any atom is 0.0353 e. The minimum atomic E-state index is 0.0410. The number of hydrogen-bond donors (Lipinski definition) is 0. The standard InChI is InChI=1S/C18H20/c1-13-6-9-17-15(12-13)8-7-14(2)16(17)10-11-18(3,4)5/h6-9,12H,1-5H3. The fourth-order valence-corrected chi connectivity index (χ4v) is 1.97. The monoisotopic (exact) mass is 236 g/mol. The van der Waals surface area contributed by atoms with Crippen LogP contribution in [0.5, 0.6) is 0 Å². The van der Waals surface area contributed by atoms with E-state index in [-0.39, 0.29) is 5.41 Å². The van der Waals surface area contributed by atoms with Crippen LogP contribution in [-0.2, 0) is 0 Å². The highest BCUT2D eigenvalue weighted by molar-refractivity contribution is 5.89. The molecule has 0 spiro atoms. The summed E-state index contributed by atoms with van der Waals surface area (Å²) in [5.41, 5.74) is 3.76. The zero-order valence-electron chi connectivity index (χ0n) is 11.9. The zero-order valence-corrected chi connectivity index (χ0v) is 11.9. The summed E-state index contributed by atoms with van der Waals surface area (Å²) in [7, 11) is 0. The minimum Gasteiger partial charge on any atom is -0.0919 e. The topological polar surface area (TPSA) is 0 Å². The molecule has 0 aliphatic heterocycles. The second-order valence-corrected chi connectivity index (χ2v) is 5.98. The Labute approximate surface area is 110 Å². The summed E-state index contributed by atoms with van der Waals surface area (Å²) in [4.78, 5) is 0. The third kappa shape index (κ3) is 2.74. The molecule has 0 aliphatic carbocycles. The van der Waals surface area contributed by atoms with E-state index in [4.69, 9.17) is 0 Å². The summed E-state index contributed by atoms with van der Waals surface area (Å²) in [6, 6.07) is 10.9. The molecule has 0 atom stereocenters. The third-order valence-corrected chi connectivity index (χ3v) is 2.95. The lowest BCUT2D eigenvalue weighted by Gasteiger charge is -2.09. The molecule has 0 saturated heterocycles. The van der Waals surface area contributed by atoms with E-state index in [0.717, 1.165) is 0 Å². The summed E-state index contributed by atoms with van der Waals surface area (Å²) >= 11 is 0. The molecule has 2 rings (SSSR count). The van der Waals surface area contributed by atoms with Gasteiger partial charge in [-0.15, -0.1) is 0 Å². The van der Waals surface area contributed by atoms with Gasteiger partial charge in [0.05, 0.1) is 0 Å². The van der Waals surface area contributed by atoms with E-state index in [1.807, 2.05) is 0 Å². The summed E-state index contributed by atoms with van der Waals surface area (Å²) in [5, 5.41) is 2.54. The fourth-order valence-electron chi connectivity index (χ4n) is 1.97. The van der Waals surface area contributed by atoms with Crippen molar-refractivity contribution in [3.8, 4) is 11.8 Å². The van der Waals surface area contributed by atoms with Crippen molar-refractivity contribution in [1.82, 2.24) is 0 Å². The molecule has 0 heterocycles. The lowest BCUT2D eigenvalue weighted by molar-refractivity contribution is 0.571. The van der Waals surface area contributed by atoms with Gasteiger partial charge in [-0.05, 0) is 51.0 Å². The van der Waals surface area contributed by atoms with Gasteiger partial charge in [0.25, 0.3) is 0 Å². The number of rotatable bonds is 0. The highest BCUT2D eigenvalue weighted by atomic mass is 14.1. The number of benzene rings is 2. The number of hydrogen-bond acceptors (Lipinski definition) is 0. The van der Waals surface area contributed by atoms with Crippen LogP contribution < -0.4 is 0 Å². The van der Waals surface area contributed by atoms with E-state index >= 15 is 0 Å². The summed E-state index contributed by atoms with van der Waals surface area (Å²) in [6.45, 7) is 10.7. The van der Waals surface area contributed by atoms with Gasteiger partial charge in [0.2, 0.25) is 0 Å². The highest BCUT2D eigenvalue weighted by Gasteiger charge is 2.06. The highest BCUT2D eigenvalue weighted by Crippen LogP contribution is 2.23. The Hall–Kier alpha value is -1.74. The van der Waals surface area contributed by atoms with Crippen molar-refractivity contribution in [3.05, 3.63) is 47.0 Å². The Morgan fingerprint density at radius 2 is 1.67 bits per heavy atom. The first kappa shape index (κ1) is 12.7. The number of aryl methyl sites for hydroxylation is 2. The van der Waals surface area contributed by atoms with Crippen LogP contribution in [0.4, 0.5) is 0 Å². The molecule has 0 aliphatic rings. The van der Waals surface area contributed by atoms with Crippen LogP contribution in [0.2, 0.25) is 0 Å². The van der Waals surface area contributed by atoms with E-state index in [1.165, 1.54) is 27.5 Å². The maximum atomic E-state index is 3.37. The lowest BCUT2D eigenvalue weighted by atomic mass is 9.94. The van der Waals surface area contributed by atoms with Crippen LogP contribution in [0.25, 0.3) is 10.8 Å². The van der Waals surface area contributed by atoms with E-state index in [9.17, 15) is 0 Å². The summed E-state index contributed by atoms with van der Waals surface area (Å²) in [6.07, 6.45) is 0. The molecule has 0 aromatic heterocycles. The van der Waals surface area contributed by atoms with Crippen molar-refractivity contribution in [2.45, 2.75) is 34.6 Å². The van der Waals surface area contributed by atoms with Crippen molar-refractivity contribution in [2.24, 2.45) is 5.41 Å². The molecule has 0 saturated carbocycles. The van der Waals surface area contributed by atoms with Crippen LogP contribution >= 0.6 is 0 Å². The van der Waals surface area contributed by atoms with E-state index in [2.05, 4.69) is 76.8 Å². The fraction of sp³-hybridized carbons (Fsp3) is 0.333. The smallest absolute Gasteiger partial charge is 0.0353 e. The summed E-state index contributed by atoms with van der Waals surface area (Å²) in [5.74, 6) is 6.70. The molecule has 18 heavy (non-hydrogen) atoms. The molecule has 2 aromatic carbocycles. The van der Waals surface area contributed by atoms with Crippen molar-refractivity contribution < 1.29 is 0 Å². The molecule has 92 valence electrons. The third-order valence-electron chi connectivity index (χ3n) is 2.95. The van der Waals surface area contributed by atoms with Crippen LogP contribution in [0.1, 0.15) is 37.5 Å². The second-order valence-electron chi connectivity index (χ2n) is 5.98. The molecule has 0 heteroatoms. The van der Waals surface area contributed by atoms with Gasteiger partial charge in [-0.1, -0.05) is 47.7 Å². The van der Waals surface area contributed by atoms with Crippen LogP contribution in [0.15, 0.2) is 30.3 Å². The van der Waals surface area contributed by atoms with E-state index in [0.29, 0.717) is 0 Å². The van der Waals surface area contributed by atoms with Crippen LogP contribution in [0.3, 0.4) is 0 Å². The first-order chi connectivity index (χ1) is 8.37. The number of fused-ring (bicyclic) bond motifs is 1. The Balaban J connectivity index is 2.68. The molecular weight excluding hydrogens is 216 g/mol. The van der Waals surface area contributed by atoms with Crippen molar-refractivity contribution >= 4 is 10.8 Å². The predicted octanol–water partition coefficient (Wildman–Crippen LogP) is 4.85. The minimum absolute atomic E-state index is 0.0410. The molecule has 0 unspecified atom stereocenters. The van der Waals surface area contributed by atoms with Crippen LogP contribution in [0, 0.1) is 31.1 Å². The quantitative estimate of drug-likeness (QED) is 0.573. The predicted molar refractivity (Wildman–Crippen MR) is 79.8 cm³/mol. The first-order valence-corrected chi connectivity index (χ1v) is 6.40. The first-order valence-electron chi connectivity index (χ1n) is 6.40. The average Bonchev–Trinajstić information content (AvgIpc) is 2.26. The normalized spacial score (nSPS) is 11.2. The molecule has 0 bridgehead atoms. The van der Waals surface area contributed by atoms with Gasteiger partial charge >= 0.3 is 0 Å². The SMILES string of the molecule is Cc1ccc2c(C#CC(C)(C)C)c(C)ccc2c1. The van der Waals surface area contributed by atoms with Gasteiger partial charge in [0.1, 0.15) is 0 Å². The van der Waals surface area contributed by atoms with Gasteiger partial charge in [-0.3, -0.25) is 0 Å². The van der Waals surface area contributed by atoms with E-state index in [1.54, 1.807) is 0 Å². The Morgan fingerprint density at radius 3 is 2.33 bits per heavy atom. The largest absolute Gasteiger partial charge is 0.0919 e. The van der Waals surface area contributed by atoms with E-state index < -0.39 is 0 Å². The lowest BCUT2D eigenvalue weighted by Crippen LogP contribution is -1.99. The molecule has 2 aromatic rings. The molecule has 0 N–H and O–H groups in total. The average molecular weight is 236 g/mol. The van der Waals surface area contributed by atoms with Crippen molar-refractivity contribution in [2.75, 3.05) is 0 Å². The van der Waals surface area contributed by atoms with Crippen molar-refractivity contribution in [1.29, 1.82) is 0 Å². The van der Waals surface area contributed by atoms with Gasteiger partial charge in [-0.2, -0.15) is 0 Å². The molecule has 0 fully saturated rings. The van der Waals surface area contributed by atoms with Gasteiger partial charge in [0.15, 0.2) is 0 Å². The second kappa shape index (κ2) is 4.50. The zero-order chi connectivity index (χ0) is 13.3. The molecule has 0 nitrogen and oxygen atoms in total. The van der Waals surface area contributed by atoms with Gasteiger partial charge in [-0.25, -0.2) is 0 Å². The van der Waals surface area contributed by atoms with Crippen molar-refractivity contribution in [3.63, 3.8) is 0 Å². The maximum absolute atomic E-state index is 3.37. The van der Waals surface area contributed by atoms with Crippen LogP contribution in [-0.4, -0.2) is 0 Å². The molecular formula is C18H20. The Bertz CT molecular complexity index is 643. The Morgan fingerprint density at radius 1 is 0.944 bits per heavy atom.